The first kappa shape index (κ1) is 30.3. The number of methoxy groups -OCH3 is 1. The average Bonchev–Trinajstić information content (AvgIpc) is 3.22. The number of fused-ring (bicyclic) bond motifs is 2. The van der Waals surface area contributed by atoms with E-state index in [2.05, 4.69) is 53.7 Å². The van der Waals surface area contributed by atoms with Gasteiger partial charge in [-0.1, -0.05) is 51.0 Å². The molecule has 0 saturated carbocycles. The number of aliphatic hydroxyl groups excluding tert-OH is 2. The van der Waals surface area contributed by atoms with Crippen LogP contribution in [0.2, 0.25) is 0 Å². The normalized spacial score (nSPS) is 13.4. The number of allylic oxidation sites excluding steroid dienone is 2. The van der Waals surface area contributed by atoms with Crippen molar-refractivity contribution in [3.05, 3.63) is 82.6 Å². The fourth-order valence-corrected chi connectivity index (χ4v) is 5.43. The fourth-order valence-electron chi connectivity index (χ4n) is 5.43. The summed E-state index contributed by atoms with van der Waals surface area (Å²) in [6.07, 6.45) is 11.1. The van der Waals surface area contributed by atoms with Crippen LogP contribution in [0, 0.1) is 0 Å². The largest absolute Gasteiger partial charge is 0.465 e. The zero-order valence-electron chi connectivity index (χ0n) is 24.6. The Morgan fingerprint density at radius 2 is 1.78 bits per heavy atom. The highest BCUT2D eigenvalue weighted by molar-refractivity contribution is 6.01. The summed E-state index contributed by atoms with van der Waals surface area (Å²) in [7, 11) is 1.40. The second kappa shape index (κ2) is 14.8. The van der Waals surface area contributed by atoms with E-state index in [-0.39, 0.29) is 13.2 Å². The van der Waals surface area contributed by atoms with Crippen LogP contribution in [0.3, 0.4) is 0 Å². The Kier molecular flexibility index (Phi) is 10.9. The van der Waals surface area contributed by atoms with Gasteiger partial charge in [0, 0.05) is 54.4 Å². The van der Waals surface area contributed by atoms with E-state index in [1.54, 1.807) is 6.07 Å². The molecule has 4 rings (SSSR count). The van der Waals surface area contributed by atoms with Gasteiger partial charge in [0.15, 0.2) is 6.54 Å². The molecule has 0 atom stereocenters. The number of benzene rings is 2. The van der Waals surface area contributed by atoms with E-state index in [1.807, 2.05) is 24.3 Å². The fraction of sp³-hybridized carbons (Fsp3) is 0.412. The topological polar surface area (TPSA) is 86.1 Å². The number of nitrogens with zero attached hydrogens (tertiary/aromatic N) is 2. The van der Waals surface area contributed by atoms with Crippen molar-refractivity contribution in [2.45, 2.75) is 46.0 Å². The van der Waals surface area contributed by atoms with Crippen LogP contribution < -0.4 is 9.93 Å². The van der Waals surface area contributed by atoms with Gasteiger partial charge in [-0.2, -0.15) is 0 Å². The van der Waals surface area contributed by atoms with Crippen LogP contribution in [-0.2, 0) is 11.2 Å². The van der Waals surface area contributed by atoms with Crippen LogP contribution in [0.1, 0.15) is 61.2 Å². The molecule has 7 nitrogen and oxygen atoms in total. The Bertz CT molecular complexity index is 1440. The molecule has 0 saturated heterocycles. The molecule has 1 heterocycles. The van der Waals surface area contributed by atoms with Gasteiger partial charge in [-0.25, -0.2) is 9.37 Å². The lowest BCUT2D eigenvalue weighted by atomic mass is 9.89. The van der Waals surface area contributed by atoms with Gasteiger partial charge in [-0.3, -0.25) is 0 Å². The second-order valence-electron chi connectivity index (χ2n) is 10.3. The molecule has 0 bridgehead atoms. The maximum absolute atomic E-state index is 12.9. The molecule has 0 fully saturated rings. The summed E-state index contributed by atoms with van der Waals surface area (Å²) in [5.41, 5.74) is 5.07. The molecule has 218 valence electrons. The highest BCUT2D eigenvalue weighted by Crippen LogP contribution is 2.41. The lowest BCUT2D eigenvalue weighted by Gasteiger charge is -2.24. The van der Waals surface area contributed by atoms with Crippen LogP contribution in [0.25, 0.3) is 28.5 Å². The van der Waals surface area contributed by atoms with Gasteiger partial charge in [0.25, 0.3) is 0 Å². The van der Waals surface area contributed by atoms with Crippen LogP contribution >= 0.6 is 0 Å². The highest BCUT2D eigenvalue weighted by atomic mass is 16.5. The molecule has 1 aromatic carbocycles. The van der Waals surface area contributed by atoms with E-state index in [0.717, 1.165) is 83.6 Å². The summed E-state index contributed by atoms with van der Waals surface area (Å²) in [6.45, 7) is 7.29. The van der Waals surface area contributed by atoms with Gasteiger partial charge in [0.2, 0.25) is 5.36 Å². The standard InChI is InChI=1S/C34H43N2O5/c1-4-6-18-35(20-22-37)25-12-15-29-31(17-14-25)41-32-24-26(36(21-23-38)19-7-5-2)13-16-30(32)33(29)27-10-8-9-11-28(27)34(39)40-3/h8-16,24,37-38H,4-7,17-23H2,1-3H3/q+1/b36-26+. The molecule has 3 aliphatic rings. The Morgan fingerprint density at radius 3 is 2.51 bits per heavy atom. The summed E-state index contributed by atoms with van der Waals surface area (Å²) in [6, 6.07) is 13.7. The third-order valence-corrected chi connectivity index (χ3v) is 7.59. The van der Waals surface area contributed by atoms with Crippen LogP contribution in [0.15, 0.2) is 64.7 Å². The van der Waals surface area contributed by atoms with E-state index in [0.29, 0.717) is 25.1 Å². The lowest BCUT2D eigenvalue weighted by Crippen LogP contribution is -2.33. The highest BCUT2D eigenvalue weighted by Gasteiger charge is 2.25. The molecule has 1 aliphatic heterocycles. The first-order valence-electron chi connectivity index (χ1n) is 14.8. The molecule has 0 aromatic heterocycles. The molecule has 2 aliphatic carbocycles. The average molecular weight is 560 g/mol. The number of ether oxygens (including phenoxy) is 1. The van der Waals surface area contributed by atoms with Gasteiger partial charge < -0.3 is 24.3 Å². The maximum Gasteiger partial charge on any atom is 0.338 e. The summed E-state index contributed by atoms with van der Waals surface area (Å²) in [5, 5.41) is 20.4. The van der Waals surface area contributed by atoms with Gasteiger partial charge in [0.05, 0.1) is 25.3 Å². The van der Waals surface area contributed by atoms with Gasteiger partial charge in [0.1, 0.15) is 24.7 Å². The molecule has 0 radical (unpaired) electrons. The van der Waals surface area contributed by atoms with E-state index >= 15 is 0 Å². The van der Waals surface area contributed by atoms with Crippen molar-refractivity contribution >= 4 is 12.0 Å². The summed E-state index contributed by atoms with van der Waals surface area (Å²) in [4.78, 5) is 15.1. The van der Waals surface area contributed by atoms with Crippen molar-refractivity contribution in [1.82, 2.24) is 9.48 Å². The van der Waals surface area contributed by atoms with E-state index in [9.17, 15) is 15.0 Å². The van der Waals surface area contributed by atoms with Crippen molar-refractivity contribution in [1.29, 1.82) is 0 Å². The Morgan fingerprint density at radius 1 is 0.976 bits per heavy atom. The van der Waals surface area contributed by atoms with Gasteiger partial charge in [-0.15, -0.1) is 0 Å². The molecule has 7 heteroatoms. The monoisotopic (exact) mass is 559 g/mol. The minimum absolute atomic E-state index is 0.0710. The number of esters is 1. The number of carbonyl (C=O) groups is 1. The minimum atomic E-state index is -0.390. The number of rotatable bonds is 13. The SMILES string of the molecule is CCCCN(CCO)C1=CCc2oc3c/c(=[N+](/CCO)CCCC)ccc-3c(-c3ccccc3C(=O)OC)c2C=C1. The smallest absolute Gasteiger partial charge is 0.338 e. The number of carbonyl (C=O) groups excluding carboxylic acids is 1. The van der Waals surface area contributed by atoms with Crippen molar-refractivity contribution in [2.75, 3.05) is 46.5 Å². The summed E-state index contributed by atoms with van der Waals surface area (Å²) < 4.78 is 14.0. The molecule has 2 N–H and O–H groups in total. The van der Waals surface area contributed by atoms with Crippen LogP contribution in [0.5, 0.6) is 0 Å². The Labute approximate surface area is 243 Å². The molecule has 1 aromatic rings. The predicted molar refractivity (Wildman–Crippen MR) is 163 cm³/mol. The third kappa shape index (κ3) is 6.97. The van der Waals surface area contributed by atoms with Crippen molar-refractivity contribution < 1.29 is 24.2 Å². The van der Waals surface area contributed by atoms with Crippen LogP contribution in [-0.4, -0.2) is 67.6 Å². The van der Waals surface area contributed by atoms with Crippen molar-refractivity contribution in [2.24, 2.45) is 0 Å². The molecular formula is C34H43N2O5+. The van der Waals surface area contributed by atoms with Gasteiger partial charge >= 0.3 is 5.97 Å². The van der Waals surface area contributed by atoms with E-state index in [1.165, 1.54) is 7.11 Å². The number of hydrogen-bond donors (Lipinski definition) is 2. The zero-order chi connectivity index (χ0) is 29.2. The molecule has 0 amide bonds. The first-order chi connectivity index (χ1) is 20.1. The zero-order valence-corrected chi connectivity index (χ0v) is 24.6. The molecule has 41 heavy (non-hydrogen) atoms. The maximum atomic E-state index is 12.9. The summed E-state index contributed by atoms with van der Waals surface area (Å²) in [5.74, 6) is 1.13. The third-order valence-electron chi connectivity index (χ3n) is 7.59. The van der Waals surface area contributed by atoms with Crippen molar-refractivity contribution in [3.63, 3.8) is 0 Å². The Hall–Kier alpha value is -3.68. The summed E-state index contributed by atoms with van der Waals surface area (Å²) >= 11 is 0. The van der Waals surface area contributed by atoms with E-state index < -0.39 is 5.97 Å². The van der Waals surface area contributed by atoms with E-state index in [4.69, 9.17) is 9.15 Å². The lowest BCUT2D eigenvalue weighted by molar-refractivity contribution is 0.0601. The molecule has 0 unspecified atom stereocenters. The quantitative estimate of drug-likeness (QED) is 0.228. The molecule has 0 spiro atoms. The first-order valence-corrected chi connectivity index (χ1v) is 14.8. The number of hydrogen-bond acceptors (Lipinski definition) is 6. The minimum Gasteiger partial charge on any atom is -0.465 e. The number of aliphatic hydroxyl groups is 2. The Balaban J connectivity index is 1.97. The molecular weight excluding hydrogens is 516 g/mol. The van der Waals surface area contributed by atoms with Crippen molar-refractivity contribution in [3.8, 4) is 22.5 Å². The number of unbranched alkanes of at least 4 members (excludes halogenated alkanes) is 2. The van der Waals surface area contributed by atoms with Gasteiger partial charge in [-0.05, 0) is 36.3 Å². The van der Waals surface area contributed by atoms with Crippen LogP contribution in [0.4, 0.5) is 0 Å². The second-order valence-corrected chi connectivity index (χ2v) is 10.3. The predicted octanol–water partition coefficient (Wildman–Crippen LogP) is 4.95.